The second-order valence-corrected chi connectivity index (χ2v) is 4.67. The summed E-state index contributed by atoms with van der Waals surface area (Å²) in [6.07, 6.45) is 3.75. The van der Waals surface area contributed by atoms with Crippen LogP contribution < -0.4 is 5.32 Å². The third kappa shape index (κ3) is 1.92. The van der Waals surface area contributed by atoms with Crippen LogP contribution in [0.2, 0.25) is 0 Å². The fourth-order valence-corrected chi connectivity index (χ4v) is 2.35. The van der Waals surface area contributed by atoms with Gasteiger partial charge in [-0.1, -0.05) is 6.42 Å². The number of carbonyl (C=O) groups is 1. The molecule has 0 spiro atoms. The molecule has 1 aliphatic rings. The van der Waals surface area contributed by atoms with E-state index in [-0.39, 0.29) is 12.0 Å². The second kappa shape index (κ2) is 4.30. The van der Waals surface area contributed by atoms with Crippen LogP contribution in [0, 0.1) is 11.3 Å². The van der Waals surface area contributed by atoms with Crippen molar-refractivity contribution in [3.8, 4) is 0 Å². The zero-order chi connectivity index (χ0) is 10.8. The number of rotatable bonds is 4. The third-order valence-corrected chi connectivity index (χ3v) is 3.42. The number of methoxy groups -OCH3 is 1. The van der Waals surface area contributed by atoms with Crippen LogP contribution in [0.4, 0.5) is 0 Å². The monoisotopic (exact) mass is 199 g/mol. The van der Waals surface area contributed by atoms with Crippen LogP contribution in [0.5, 0.6) is 0 Å². The Hall–Kier alpha value is -0.570. The van der Waals surface area contributed by atoms with Crippen molar-refractivity contribution in [1.82, 2.24) is 5.32 Å². The molecule has 3 nitrogen and oxygen atoms in total. The molecule has 1 atom stereocenters. The van der Waals surface area contributed by atoms with Gasteiger partial charge in [-0.15, -0.1) is 0 Å². The highest BCUT2D eigenvalue weighted by Gasteiger charge is 2.43. The van der Waals surface area contributed by atoms with E-state index in [1.165, 1.54) is 26.4 Å². The highest BCUT2D eigenvalue weighted by molar-refractivity contribution is 5.76. The largest absolute Gasteiger partial charge is 0.469 e. The van der Waals surface area contributed by atoms with Gasteiger partial charge in [0.2, 0.25) is 0 Å². The number of nitrogens with one attached hydrogen (secondary N) is 1. The Labute approximate surface area is 86.2 Å². The molecule has 82 valence electrons. The summed E-state index contributed by atoms with van der Waals surface area (Å²) < 4.78 is 4.84. The molecule has 0 aromatic heterocycles. The summed E-state index contributed by atoms with van der Waals surface area (Å²) in [7, 11) is 3.38. The first-order chi connectivity index (χ1) is 6.54. The van der Waals surface area contributed by atoms with E-state index in [4.69, 9.17) is 4.74 Å². The van der Waals surface area contributed by atoms with Gasteiger partial charge in [0.15, 0.2) is 0 Å². The smallest absolute Gasteiger partial charge is 0.312 e. The summed E-state index contributed by atoms with van der Waals surface area (Å²) in [5.41, 5.74) is -0.422. The van der Waals surface area contributed by atoms with Crippen molar-refractivity contribution >= 4 is 5.97 Å². The van der Waals surface area contributed by atoms with Crippen molar-refractivity contribution in [2.24, 2.45) is 11.3 Å². The summed E-state index contributed by atoms with van der Waals surface area (Å²) in [4.78, 5) is 11.6. The van der Waals surface area contributed by atoms with Crippen LogP contribution in [-0.2, 0) is 9.53 Å². The quantitative estimate of drug-likeness (QED) is 0.698. The molecule has 0 radical (unpaired) electrons. The van der Waals surface area contributed by atoms with E-state index in [2.05, 4.69) is 5.32 Å². The maximum Gasteiger partial charge on any atom is 0.312 e. The van der Waals surface area contributed by atoms with Crippen LogP contribution in [0.15, 0.2) is 0 Å². The Bertz CT molecular complexity index is 209. The number of hydrogen-bond donors (Lipinski definition) is 1. The summed E-state index contributed by atoms with van der Waals surface area (Å²) in [5.74, 6) is 0.512. The highest BCUT2D eigenvalue weighted by Crippen LogP contribution is 2.38. The average Bonchev–Trinajstić information content (AvgIpc) is 2.08. The van der Waals surface area contributed by atoms with Crippen molar-refractivity contribution < 1.29 is 9.53 Å². The van der Waals surface area contributed by atoms with Gasteiger partial charge in [-0.3, -0.25) is 4.79 Å². The van der Waals surface area contributed by atoms with E-state index < -0.39 is 5.41 Å². The molecule has 1 saturated carbocycles. The van der Waals surface area contributed by atoms with Gasteiger partial charge in [0.05, 0.1) is 12.5 Å². The minimum absolute atomic E-state index is 0.122. The lowest BCUT2D eigenvalue weighted by atomic mass is 9.69. The molecule has 0 aliphatic heterocycles. The Morgan fingerprint density at radius 3 is 2.36 bits per heavy atom. The maximum atomic E-state index is 11.6. The van der Waals surface area contributed by atoms with Crippen molar-refractivity contribution in [3.63, 3.8) is 0 Å². The zero-order valence-electron chi connectivity index (χ0n) is 9.59. The fourth-order valence-electron chi connectivity index (χ4n) is 2.35. The molecule has 0 aromatic rings. The molecule has 1 N–H and O–H groups in total. The van der Waals surface area contributed by atoms with Gasteiger partial charge in [-0.05, 0) is 39.7 Å². The van der Waals surface area contributed by atoms with Crippen molar-refractivity contribution in [3.05, 3.63) is 0 Å². The molecule has 0 bridgehead atoms. The van der Waals surface area contributed by atoms with Crippen LogP contribution in [-0.4, -0.2) is 26.2 Å². The molecular formula is C11H21NO2. The van der Waals surface area contributed by atoms with E-state index in [1.807, 2.05) is 20.9 Å². The van der Waals surface area contributed by atoms with Crippen molar-refractivity contribution in [1.29, 1.82) is 0 Å². The lowest BCUT2D eigenvalue weighted by Crippen LogP contribution is -2.51. The molecular weight excluding hydrogens is 178 g/mol. The molecule has 1 aliphatic carbocycles. The predicted molar refractivity (Wildman–Crippen MR) is 56.0 cm³/mol. The third-order valence-electron chi connectivity index (χ3n) is 3.42. The van der Waals surface area contributed by atoms with E-state index >= 15 is 0 Å². The lowest BCUT2D eigenvalue weighted by Gasteiger charge is -2.41. The van der Waals surface area contributed by atoms with E-state index in [0.29, 0.717) is 5.92 Å². The van der Waals surface area contributed by atoms with Gasteiger partial charge in [0.25, 0.3) is 0 Å². The predicted octanol–water partition coefficient (Wildman–Crippen LogP) is 1.57. The number of hydrogen-bond acceptors (Lipinski definition) is 3. The minimum atomic E-state index is -0.422. The first-order valence-corrected chi connectivity index (χ1v) is 5.29. The number of esters is 1. The van der Waals surface area contributed by atoms with E-state index in [1.54, 1.807) is 0 Å². The first kappa shape index (κ1) is 11.5. The number of ether oxygens (including phenoxy) is 1. The lowest BCUT2D eigenvalue weighted by molar-refractivity contribution is -0.154. The molecule has 1 rings (SSSR count). The van der Waals surface area contributed by atoms with E-state index in [0.717, 1.165) is 0 Å². The molecule has 3 heteroatoms. The molecule has 0 heterocycles. The Balaban J connectivity index is 2.70. The summed E-state index contributed by atoms with van der Waals surface area (Å²) in [6.45, 7) is 3.91. The van der Waals surface area contributed by atoms with E-state index in [9.17, 15) is 4.79 Å². The maximum absolute atomic E-state index is 11.6. The van der Waals surface area contributed by atoms with Crippen molar-refractivity contribution in [2.45, 2.75) is 39.2 Å². The normalized spacial score (nSPS) is 20.0. The van der Waals surface area contributed by atoms with Crippen molar-refractivity contribution in [2.75, 3.05) is 14.2 Å². The SMILES string of the molecule is CNC(C1CCC1)C(C)(C)C(=O)OC. The zero-order valence-corrected chi connectivity index (χ0v) is 9.59. The van der Waals surface area contributed by atoms with Crippen LogP contribution in [0.1, 0.15) is 33.1 Å². The fraction of sp³-hybridized carbons (Fsp3) is 0.909. The number of carbonyl (C=O) groups excluding carboxylic acids is 1. The highest BCUT2D eigenvalue weighted by atomic mass is 16.5. The summed E-state index contributed by atoms with van der Waals surface area (Å²) in [5, 5.41) is 3.26. The first-order valence-electron chi connectivity index (χ1n) is 5.29. The van der Waals surface area contributed by atoms with Gasteiger partial charge in [0, 0.05) is 6.04 Å². The minimum Gasteiger partial charge on any atom is -0.469 e. The van der Waals surface area contributed by atoms with Gasteiger partial charge < -0.3 is 10.1 Å². The Morgan fingerprint density at radius 1 is 1.50 bits per heavy atom. The molecule has 1 fully saturated rings. The van der Waals surface area contributed by atoms with Gasteiger partial charge >= 0.3 is 5.97 Å². The Kier molecular flexibility index (Phi) is 3.53. The summed E-state index contributed by atoms with van der Waals surface area (Å²) >= 11 is 0. The topological polar surface area (TPSA) is 38.3 Å². The van der Waals surface area contributed by atoms with Crippen LogP contribution in [0.3, 0.4) is 0 Å². The molecule has 0 aromatic carbocycles. The molecule has 0 amide bonds. The Morgan fingerprint density at radius 2 is 2.07 bits per heavy atom. The summed E-state index contributed by atoms with van der Waals surface area (Å²) in [6, 6.07) is 0.240. The van der Waals surface area contributed by atoms with Crippen LogP contribution in [0.25, 0.3) is 0 Å². The molecule has 14 heavy (non-hydrogen) atoms. The van der Waals surface area contributed by atoms with Gasteiger partial charge in [0.1, 0.15) is 0 Å². The second-order valence-electron chi connectivity index (χ2n) is 4.67. The van der Waals surface area contributed by atoms with Gasteiger partial charge in [-0.2, -0.15) is 0 Å². The molecule has 1 unspecified atom stereocenters. The van der Waals surface area contributed by atoms with Gasteiger partial charge in [-0.25, -0.2) is 0 Å². The van der Waals surface area contributed by atoms with Crippen LogP contribution >= 0.6 is 0 Å². The molecule has 0 saturated heterocycles. The average molecular weight is 199 g/mol. The standard InChI is InChI=1S/C11H21NO2/c1-11(2,10(13)14-4)9(12-3)8-6-5-7-8/h8-9,12H,5-7H2,1-4H3.